The van der Waals surface area contributed by atoms with Crippen molar-refractivity contribution < 1.29 is 31.9 Å². The number of carboxylic acids is 1. The van der Waals surface area contributed by atoms with Gasteiger partial charge in [-0.15, -0.1) is 0 Å². The van der Waals surface area contributed by atoms with Crippen molar-refractivity contribution in [1.82, 2.24) is 0 Å². The zero-order valence-electron chi connectivity index (χ0n) is 9.76. The smallest absolute Gasteiger partial charge is 0.411 e. The SMILES string of the molecule is CC1C(C)C2CC1C(F)(F)C2(C(=O)O)C(F)(F)F. The van der Waals surface area contributed by atoms with Crippen LogP contribution in [-0.4, -0.2) is 23.2 Å². The van der Waals surface area contributed by atoms with Gasteiger partial charge < -0.3 is 5.11 Å². The Morgan fingerprint density at radius 3 is 1.94 bits per heavy atom. The first-order chi connectivity index (χ1) is 7.99. The third kappa shape index (κ3) is 1.15. The molecule has 5 unspecified atom stereocenters. The van der Waals surface area contributed by atoms with E-state index in [0.717, 1.165) is 0 Å². The highest BCUT2D eigenvalue weighted by molar-refractivity contribution is 5.79. The molecule has 0 aromatic rings. The minimum atomic E-state index is -5.45. The number of aliphatic carboxylic acids is 1. The van der Waals surface area contributed by atoms with Crippen molar-refractivity contribution >= 4 is 5.97 Å². The molecular formula is C11H13F5O2. The molecule has 104 valence electrons. The van der Waals surface area contributed by atoms with Crippen LogP contribution in [0.3, 0.4) is 0 Å². The van der Waals surface area contributed by atoms with Gasteiger partial charge in [0, 0.05) is 5.92 Å². The fraction of sp³-hybridized carbons (Fsp3) is 0.909. The number of carbonyl (C=O) groups is 1. The number of halogens is 5. The molecule has 2 rings (SSSR count). The van der Waals surface area contributed by atoms with Gasteiger partial charge in [0.25, 0.3) is 5.92 Å². The summed E-state index contributed by atoms with van der Waals surface area (Å²) in [5.41, 5.74) is -3.92. The zero-order valence-corrected chi connectivity index (χ0v) is 9.76. The minimum Gasteiger partial charge on any atom is -0.480 e. The highest BCUT2D eigenvalue weighted by atomic mass is 19.4. The molecule has 0 heterocycles. The first-order valence-electron chi connectivity index (χ1n) is 5.67. The summed E-state index contributed by atoms with van der Waals surface area (Å²) in [6.07, 6.45) is -5.82. The Bertz CT molecular complexity index is 391. The lowest BCUT2D eigenvalue weighted by Gasteiger charge is -2.45. The van der Waals surface area contributed by atoms with Crippen molar-refractivity contribution in [2.24, 2.45) is 29.1 Å². The lowest BCUT2D eigenvalue weighted by molar-refractivity contribution is -0.317. The Morgan fingerprint density at radius 2 is 1.61 bits per heavy atom. The van der Waals surface area contributed by atoms with Crippen LogP contribution < -0.4 is 0 Å². The minimum absolute atomic E-state index is 0.374. The van der Waals surface area contributed by atoms with E-state index in [9.17, 15) is 26.7 Å². The lowest BCUT2D eigenvalue weighted by Crippen LogP contribution is -2.63. The Kier molecular flexibility index (Phi) is 2.53. The molecule has 1 N–H and O–H groups in total. The first kappa shape index (κ1) is 13.5. The van der Waals surface area contributed by atoms with Gasteiger partial charge in [-0.3, -0.25) is 4.79 Å². The largest absolute Gasteiger partial charge is 0.480 e. The van der Waals surface area contributed by atoms with Gasteiger partial charge in [-0.2, -0.15) is 13.2 Å². The molecule has 5 atom stereocenters. The average molecular weight is 272 g/mol. The van der Waals surface area contributed by atoms with Crippen molar-refractivity contribution in [1.29, 1.82) is 0 Å². The summed E-state index contributed by atoms with van der Waals surface area (Å²) in [5.74, 6) is -11.0. The second-order valence-electron chi connectivity index (χ2n) is 5.40. The van der Waals surface area contributed by atoms with E-state index in [0.29, 0.717) is 0 Å². The predicted octanol–water partition coefficient (Wildman–Crippen LogP) is 3.18. The monoisotopic (exact) mass is 272 g/mol. The number of rotatable bonds is 1. The van der Waals surface area contributed by atoms with E-state index in [4.69, 9.17) is 5.11 Å². The zero-order chi connectivity index (χ0) is 14.1. The van der Waals surface area contributed by atoms with Gasteiger partial charge in [0.1, 0.15) is 0 Å². The lowest BCUT2D eigenvalue weighted by atomic mass is 9.63. The molecule has 0 aliphatic heterocycles. The second kappa shape index (κ2) is 3.36. The van der Waals surface area contributed by atoms with Gasteiger partial charge in [-0.05, 0) is 24.2 Å². The molecule has 2 aliphatic carbocycles. The molecular weight excluding hydrogens is 259 g/mol. The molecule has 2 fully saturated rings. The normalized spacial score (nSPS) is 46.4. The summed E-state index contributed by atoms with van der Waals surface area (Å²) < 4.78 is 67.2. The number of carboxylic acid groups (broad SMARTS) is 1. The van der Waals surface area contributed by atoms with Gasteiger partial charge in [0.05, 0.1) is 0 Å². The van der Waals surface area contributed by atoms with Crippen LogP contribution in [0.1, 0.15) is 20.3 Å². The van der Waals surface area contributed by atoms with Crippen molar-refractivity contribution in [3.8, 4) is 0 Å². The Hall–Kier alpha value is -0.880. The van der Waals surface area contributed by atoms with Gasteiger partial charge in [-0.1, -0.05) is 13.8 Å². The van der Waals surface area contributed by atoms with E-state index in [1.807, 2.05) is 0 Å². The maximum atomic E-state index is 14.0. The van der Waals surface area contributed by atoms with E-state index >= 15 is 0 Å². The van der Waals surface area contributed by atoms with Gasteiger partial charge in [0.15, 0.2) is 0 Å². The molecule has 2 saturated carbocycles. The van der Waals surface area contributed by atoms with Gasteiger partial charge in [0.2, 0.25) is 5.41 Å². The van der Waals surface area contributed by atoms with Gasteiger partial charge in [-0.25, -0.2) is 8.78 Å². The molecule has 0 spiro atoms. The van der Waals surface area contributed by atoms with Crippen LogP contribution in [0, 0.1) is 29.1 Å². The van der Waals surface area contributed by atoms with Crippen LogP contribution >= 0.6 is 0 Å². The van der Waals surface area contributed by atoms with E-state index in [1.54, 1.807) is 0 Å². The third-order valence-corrected chi connectivity index (χ3v) is 4.94. The van der Waals surface area contributed by atoms with Crippen LogP contribution in [0.25, 0.3) is 0 Å². The van der Waals surface area contributed by atoms with E-state index < -0.39 is 47.2 Å². The van der Waals surface area contributed by atoms with E-state index in [2.05, 4.69) is 0 Å². The summed E-state index contributed by atoms with van der Waals surface area (Å²) in [7, 11) is 0. The molecule has 0 aromatic heterocycles. The van der Waals surface area contributed by atoms with Gasteiger partial charge >= 0.3 is 12.1 Å². The van der Waals surface area contributed by atoms with Crippen LogP contribution in [-0.2, 0) is 4.79 Å². The predicted molar refractivity (Wildman–Crippen MR) is 51.0 cm³/mol. The average Bonchev–Trinajstić information content (AvgIpc) is 2.57. The summed E-state index contributed by atoms with van der Waals surface area (Å²) in [4.78, 5) is 11.0. The first-order valence-corrected chi connectivity index (χ1v) is 5.67. The molecule has 0 radical (unpaired) electrons. The summed E-state index contributed by atoms with van der Waals surface area (Å²) in [5, 5.41) is 8.86. The van der Waals surface area contributed by atoms with Crippen molar-refractivity contribution in [2.45, 2.75) is 32.4 Å². The van der Waals surface area contributed by atoms with Crippen LogP contribution in [0.5, 0.6) is 0 Å². The quantitative estimate of drug-likeness (QED) is 0.744. The molecule has 2 nitrogen and oxygen atoms in total. The Morgan fingerprint density at radius 1 is 1.17 bits per heavy atom. The molecule has 18 heavy (non-hydrogen) atoms. The molecule has 2 bridgehead atoms. The highest BCUT2D eigenvalue weighted by Crippen LogP contribution is 2.72. The highest BCUT2D eigenvalue weighted by Gasteiger charge is 2.86. The molecule has 0 amide bonds. The maximum Gasteiger partial charge on any atom is 0.411 e. The fourth-order valence-electron chi connectivity index (χ4n) is 3.85. The maximum absolute atomic E-state index is 14.0. The third-order valence-electron chi connectivity index (χ3n) is 4.94. The topological polar surface area (TPSA) is 37.3 Å². The molecule has 0 saturated heterocycles. The standard InChI is InChI=1S/C11H13F5O2/c1-4-5(2)7-3-6(4)9(8(17)18,10(7,12)13)11(14,15)16/h4-7H,3H2,1-2H3,(H,17,18). The number of alkyl halides is 5. The van der Waals surface area contributed by atoms with Crippen molar-refractivity contribution in [3.05, 3.63) is 0 Å². The molecule has 2 aliphatic rings. The number of hydrogen-bond acceptors (Lipinski definition) is 1. The Labute approximate surface area is 100 Å². The van der Waals surface area contributed by atoms with Crippen molar-refractivity contribution in [2.75, 3.05) is 0 Å². The molecule has 7 heteroatoms. The van der Waals surface area contributed by atoms with Crippen molar-refractivity contribution in [3.63, 3.8) is 0 Å². The van der Waals surface area contributed by atoms with Crippen LogP contribution in [0.4, 0.5) is 22.0 Å². The molecule has 0 aromatic carbocycles. The Balaban J connectivity index is 2.65. The van der Waals surface area contributed by atoms with E-state index in [-0.39, 0.29) is 6.42 Å². The van der Waals surface area contributed by atoms with Crippen LogP contribution in [0.15, 0.2) is 0 Å². The number of fused-ring (bicyclic) bond motifs is 2. The second-order valence-corrected chi connectivity index (χ2v) is 5.40. The number of hydrogen-bond donors (Lipinski definition) is 1. The van der Waals surface area contributed by atoms with E-state index in [1.165, 1.54) is 13.8 Å². The summed E-state index contributed by atoms with van der Waals surface area (Å²) in [6.45, 7) is 2.89. The van der Waals surface area contributed by atoms with Crippen LogP contribution in [0.2, 0.25) is 0 Å². The summed E-state index contributed by atoms with van der Waals surface area (Å²) in [6, 6.07) is 0. The summed E-state index contributed by atoms with van der Waals surface area (Å²) >= 11 is 0. The fourth-order valence-corrected chi connectivity index (χ4v) is 3.85.